The molecule has 0 aromatic carbocycles. The van der Waals surface area contributed by atoms with Gasteiger partial charge in [0, 0.05) is 6.42 Å². The molecule has 1 rings (SSSR count). The van der Waals surface area contributed by atoms with Crippen LogP contribution in [0.15, 0.2) is 70.9 Å². The van der Waals surface area contributed by atoms with E-state index in [1.807, 2.05) is 6.08 Å². The number of allylic oxidation sites excluding steroid dienone is 11. The van der Waals surface area contributed by atoms with E-state index in [0.29, 0.717) is 13.0 Å². The number of ether oxygens (including phenoxy) is 1. The molecule has 0 aromatic rings. The average molecular weight is 579 g/mol. The minimum atomic E-state index is -0.0770. The summed E-state index contributed by atoms with van der Waals surface area (Å²) < 4.78 is 5.42. The van der Waals surface area contributed by atoms with Crippen LogP contribution in [-0.4, -0.2) is 12.6 Å². The number of carbonyl (C=O) groups excluding carboxylic acids is 1. The molecule has 0 unspecified atom stereocenters. The molecule has 0 heterocycles. The van der Waals surface area contributed by atoms with Crippen LogP contribution in [0.1, 0.15) is 164 Å². The van der Waals surface area contributed by atoms with Gasteiger partial charge in [-0.25, -0.2) is 0 Å². The van der Waals surface area contributed by atoms with Crippen LogP contribution < -0.4 is 0 Å². The summed E-state index contributed by atoms with van der Waals surface area (Å²) in [5.41, 5.74) is 5.64. The minimum absolute atomic E-state index is 0.0770. The molecule has 0 bridgehead atoms. The number of unbranched alkanes of at least 4 members (excludes halogenated alkanes) is 13. The second kappa shape index (κ2) is 24.4. The summed E-state index contributed by atoms with van der Waals surface area (Å²) in [5, 5.41) is 0. The van der Waals surface area contributed by atoms with Crippen molar-refractivity contribution in [2.24, 2.45) is 5.41 Å². The van der Waals surface area contributed by atoms with E-state index in [9.17, 15) is 4.79 Å². The Kier molecular flexibility index (Phi) is 22.0. The van der Waals surface area contributed by atoms with Crippen LogP contribution in [0.5, 0.6) is 0 Å². The van der Waals surface area contributed by atoms with E-state index in [-0.39, 0.29) is 11.4 Å². The maximum Gasteiger partial charge on any atom is 0.306 e. The second-order valence-electron chi connectivity index (χ2n) is 13.2. The first kappa shape index (κ1) is 37.9. The summed E-state index contributed by atoms with van der Waals surface area (Å²) in [6.07, 6.45) is 41.2. The number of hydrogen-bond donors (Lipinski definition) is 0. The van der Waals surface area contributed by atoms with Crippen molar-refractivity contribution in [2.45, 2.75) is 164 Å². The Labute approximate surface area is 261 Å². The minimum Gasteiger partial charge on any atom is -0.461 e. The lowest BCUT2D eigenvalue weighted by molar-refractivity contribution is -0.142. The van der Waals surface area contributed by atoms with E-state index in [0.717, 1.165) is 18.4 Å². The van der Waals surface area contributed by atoms with E-state index in [4.69, 9.17) is 4.74 Å². The Hall–Kier alpha value is -2.09. The molecule has 0 amide bonds. The summed E-state index contributed by atoms with van der Waals surface area (Å²) in [4.78, 5) is 12.1. The van der Waals surface area contributed by atoms with Crippen molar-refractivity contribution >= 4 is 5.97 Å². The van der Waals surface area contributed by atoms with Gasteiger partial charge in [-0.15, -0.1) is 0 Å². The first-order valence-electron chi connectivity index (χ1n) is 17.5. The molecule has 0 atom stereocenters. The van der Waals surface area contributed by atoms with Gasteiger partial charge in [0.05, 0.1) is 0 Å². The molecule has 0 spiro atoms. The Balaban J connectivity index is 2.06. The van der Waals surface area contributed by atoms with Crippen molar-refractivity contribution < 1.29 is 9.53 Å². The lowest BCUT2D eigenvalue weighted by atomic mass is 9.72. The summed E-state index contributed by atoms with van der Waals surface area (Å²) >= 11 is 0. The highest BCUT2D eigenvalue weighted by Crippen LogP contribution is 2.40. The molecule has 1 aliphatic carbocycles. The molecular formula is C40H66O2. The molecule has 2 heteroatoms. The van der Waals surface area contributed by atoms with E-state index >= 15 is 0 Å². The lowest BCUT2D eigenvalue weighted by Gasteiger charge is -2.32. The van der Waals surface area contributed by atoms with Gasteiger partial charge in [-0.1, -0.05) is 144 Å². The number of rotatable bonds is 23. The Morgan fingerprint density at radius 3 is 2.02 bits per heavy atom. The van der Waals surface area contributed by atoms with Crippen molar-refractivity contribution in [3.63, 3.8) is 0 Å². The summed E-state index contributed by atoms with van der Waals surface area (Å²) in [6, 6.07) is 0. The third-order valence-corrected chi connectivity index (χ3v) is 8.57. The fourth-order valence-corrected chi connectivity index (χ4v) is 5.73. The van der Waals surface area contributed by atoms with E-state index < -0.39 is 0 Å². The van der Waals surface area contributed by atoms with Gasteiger partial charge >= 0.3 is 5.97 Å². The topological polar surface area (TPSA) is 26.3 Å². The highest BCUT2D eigenvalue weighted by Gasteiger charge is 2.26. The highest BCUT2D eigenvalue weighted by atomic mass is 16.5. The highest BCUT2D eigenvalue weighted by molar-refractivity contribution is 5.69. The van der Waals surface area contributed by atoms with Crippen molar-refractivity contribution in [3.05, 3.63) is 70.9 Å². The zero-order chi connectivity index (χ0) is 30.9. The first-order valence-corrected chi connectivity index (χ1v) is 17.5. The number of esters is 1. The molecule has 1 aliphatic rings. The summed E-state index contributed by atoms with van der Waals surface area (Å²) in [6.45, 7) is 13.8. The molecule has 0 fully saturated rings. The van der Waals surface area contributed by atoms with Crippen LogP contribution in [0, 0.1) is 5.41 Å². The van der Waals surface area contributed by atoms with Crippen molar-refractivity contribution in [1.82, 2.24) is 0 Å². The van der Waals surface area contributed by atoms with Crippen molar-refractivity contribution in [1.29, 1.82) is 0 Å². The van der Waals surface area contributed by atoms with Crippen LogP contribution in [-0.2, 0) is 9.53 Å². The van der Waals surface area contributed by atoms with Gasteiger partial charge < -0.3 is 4.74 Å². The molecule has 0 aromatic heterocycles. The van der Waals surface area contributed by atoms with Crippen LogP contribution in [0.4, 0.5) is 0 Å². The van der Waals surface area contributed by atoms with E-state index in [1.54, 1.807) is 0 Å². The predicted octanol–water partition coefficient (Wildman–Crippen LogP) is 12.9. The van der Waals surface area contributed by atoms with Crippen LogP contribution >= 0.6 is 0 Å². The molecule has 0 saturated heterocycles. The zero-order valence-corrected chi connectivity index (χ0v) is 28.6. The Morgan fingerprint density at radius 1 is 0.810 bits per heavy atom. The molecule has 42 heavy (non-hydrogen) atoms. The van der Waals surface area contributed by atoms with E-state index in [1.165, 1.54) is 119 Å². The SMILES string of the molecule is CCCCCCCC/C=C\CCCCCCCCCC(=O)OC/C=C(C)/C=C/C=C(C)/C=C/C1=C(C)CCCC1(C)C. The van der Waals surface area contributed by atoms with Crippen molar-refractivity contribution in [2.75, 3.05) is 6.61 Å². The summed E-state index contributed by atoms with van der Waals surface area (Å²) in [7, 11) is 0. The zero-order valence-electron chi connectivity index (χ0n) is 28.6. The number of hydrogen-bond acceptors (Lipinski definition) is 2. The van der Waals surface area contributed by atoms with Gasteiger partial charge in [-0.2, -0.15) is 0 Å². The Morgan fingerprint density at radius 2 is 1.40 bits per heavy atom. The van der Waals surface area contributed by atoms with Gasteiger partial charge in [0.1, 0.15) is 6.61 Å². The molecule has 2 nitrogen and oxygen atoms in total. The van der Waals surface area contributed by atoms with Crippen LogP contribution in [0.3, 0.4) is 0 Å². The van der Waals surface area contributed by atoms with E-state index in [2.05, 4.69) is 84.1 Å². The smallest absolute Gasteiger partial charge is 0.306 e. The molecule has 0 radical (unpaired) electrons. The Bertz CT molecular complexity index is 906. The molecule has 0 N–H and O–H groups in total. The maximum atomic E-state index is 12.1. The quantitative estimate of drug-likeness (QED) is 0.0521. The lowest BCUT2D eigenvalue weighted by Crippen LogP contribution is -2.19. The van der Waals surface area contributed by atoms with Crippen LogP contribution in [0.25, 0.3) is 0 Å². The van der Waals surface area contributed by atoms with Crippen molar-refractivity contribution in [3.8, 4) is 0 Å². The first-order chi connectivity index (χ1) is 20.3. The van der Waals surface area contributed by atoms with Gasteiger partial charge in [-0.05, 0) is 89.2 Å². The second-order valence-corrected chi connectivity index (χ2v) is 13.2. The average Bonchev–Trinajstić information content (AvgIpc) is 2.94. The maximum absolute atomic E-state index is 12.1. The van der Waals surface area contributed by atoms with Gasteiger partial charge in [-0.3, -0.25) is 4.79 Å². The largest absolute Gasteiger partial charge is 0.461 e. The molecular weight excluding hydrogens is 512 g/mol. The number of carbonyl (C=O) groups is 1. The molecule has 0 saturated carbocycles. The fraction of sp³-hybridized carbons (Fsp3) is 0.675. The third kappa shape index (κ3) is 19.9. The normalized spacial score (nSPS) is 16.4. The molecule has 0 aliphatic heterocycles. The summed E-state index contributed by atoms with van der Waals surface area (Å²) in [5.74, 6) is -0.0770. The fourth-order valence-electron chi connectivity index (χ4n) is 5.73. The van der Waals surface area contributed by atoms with Gasteiger partial charge in [0.2, 0.25) is 0 Å². The van der Waals surface area contributed by atoms with Gasteiger partial charge in [0.25, 0.3) is 0 Å². The predicted molar refractivity (Wildman–Crippen MR) is 186 cm³/mol. The van der Waals surface area contributed by atoms with Crippen LogP contribution in [0.2, 0.25) is 0 Å². The molecule has 238 valence electrons. The monoisotopic (exact) mass is 579 g/mol. The standard InChI is InChI=1S/C40H66O2/c1-7-8-9-10-11-12-13-14-15-16-17-18-19-20-21-22-23-29-39(41)42-34-32-36(3)27-24-26-35(2)30-31-38-37(4)28-25-33-40(38,5)6/h14-15,24,26-27,30-32H,7-13,16-23,25,28-29,33-34H2,1-6H3/b15-14-,27-24+,31-30+,35-26+,36-32+. The van der Waals surface area contributed by atoms with Gasteiger partial charge in [0.15, 0.2) is 0 Å². The third-order valence-electron chi connectivity index (χ3n) is 8.57.